The van der Waals surface area contributed by atoms with E-state index in [1.165, 1.54) is 0 Å². The minimum absolute atomic E-state index is 0.200. The third kappa shape index (κ3) is 3.50. The highest BCUT2D eigenvalue weighted by molar-refractivity contribution is 5.94. The van der Waals surface area contributed by atoms with Gasteiger partial charge in [0.1, 0.15) is 18.0 Å². The number of hydrogen-bond donors (Lipinski definition) is 1. The van der Waals surface area contributed by atoms with Crippen molar-refractivity contribution in [2.45, 2.75) is 6.61 Å². The van der Waals surface area contributed by atoms with Gasteiger partial charge in [0.15, 0.2) is 0 Å². The Balaban J connectivity index is 1.68. The molecule has 2 heterocycles. The van der Waals surface area contributed by atoms with Crippen molar-refractivity contribution in [3.8, 4) is 18.1 Å². The van der Waals surface area contributed by atoms with Gasteiger partial charge in [0, 0.05) is 18.0 Å². The number of terminal acetylenes is 1. The van der Waals surface area contributed by atoms with Gasteiger partial charge in [0.2, 0.25) is 0 Å². The molecule has 0 radical (unpaired) electrons. The van der Waals surface area contributed by atoms with Crippen molar-refractivity contribution in [2.75, 3.05) is 6.54 Å². The Bertz CT molecular complexity index is 844. The van der Waals surface area contributed by atoms with Crippen LogP contribution in [0.1, 0.15) is 16.1 Å². The highest BCUT2D eigenvalue weighted by atomic mass is 16.5. The maximum Gasteiger partial charge on any atom is 0.252 e. The number of nitrogens with one attached hydrogen (secondary N) is 1. The Kier molecular flexibility index (Phi) is 4.25. The van der Waals surface area contributed by atoms with Crippen LogP contribution >= 0.6 is 0 Å². The molecule has 0 fully saturated rings. The van der Waals surface area contributed by atoms with E-state index >= 15 is 0 Å². The summed E-state index contributed by atoms with van der Waals surface area (Å²) in [6.45, 7) is 0.530. The van der Waals surface area contributed by atoms with Gasteiger partial charge >= 0.3 is 0 Å². The van der Waals surface area contributed by atoms with Crippen LogP contribution in [0.15, 0.2) is 54.9 Å². The second-order valence-corrected chi connectivity index (χ2v) is 4.90. The van der Waals surface area contributed by atoms with Gasteiger partial charge in [-0.2, -0.15) is 0 Å². The number of amides is 1. The lowest BCUT2D eigenvalue weighted by atomic mass is 10.2. The molecule has 0 atom stereocenters. The monoisotopic (exact) mass is 305 g/mol. The van der Waals surface area contributed by atoms with Gasteiger partial charge in [-0.05, 0) is 30.3 Å². The smallest absolute Gasteiger partial charge is 0.252 e. The van der Waals surface area contributed by atoms with Crippen LogP contribution in [-0.2, 0) is 6.61 Å². The van der Waals surface area contributed by atoms with Crippen LogP contribution in [0.3, 0.4) is 0 Å². The van der Waals surface area contributed by atoms with Crippen molar-refractivity contribution in [3.05, 3.63) is 66.1 Å². The van der Waals surface area contributed by atoms with E-state index < -0.39 is 0 Å². The predicted molar refractivity (Wildman–Crippen MR) is 87.1 cm³/mol. The summed E-state index contributed by atoms with van der Waals surface area (Å²) in [5, 5.41) is 2.62. The Morgan fingerprint density at radius 3 is 3.04 bits per heavy atom. The lowest BCUT2D eigenvalue weighted by molar-refractivity contribution is 0.0958. The average molecular weight is 305 g/mol. The lowest BCUT2D eigenvalue weighted by Crippen LogP contribution is -2.23. The second kappa shape index (κ2) is 6.67. The van der Waals surface area contributed by atoms with Crippen LogP contribution in [0.25, 0.3) is 5.65 Å². The summed E-state index contributed by atoms with van der Waals surface area (Å²) in [5.41, 5.74) is 2.19. The number of carbonyl (C=O) groups excluding carboxylic acids is 1. The van der Waals surface area contributed by atoms with E-state index in [1.54, 1.807) is 24.3 Å². The van der Waals surface area contributed by atoms with Crippen LogP contribution in [-0.4, -0.2) is 21.8 Å². The normalized spacial score (nSPS) is 10.2. The Morgan fingerprint density at radius 1 is 1.30 bits per heavy atom. The van der Waals surface area contributed by atoms with Crippen molar-refractivity contribution in [1.29, 1.82) is 0 Å². The van der Waals surface area contributed by atoms with Gasteiger partial charge in [-0.1, -0.05) is 18.1 Å². The molecule has 1 N–H and O–H groups in total. The fraction of sp³-hybridized carbons (Fsp3) is 0.111. The molecule has 0 bridgehead atoms. The lowest BCUT2D eigenvalue weighted by Gasteiger charge is -2.06. The van der Waals surface area contributed by atoms with E-state index in [0.29, 0.717) is 17.9 Å². The first-order valence-corrected chi connectivity index (χ1v) is 7.13. The van der Waals surface area contributed by atoms with Crippen LogP contribution in [0.5, 0.6) is 5.75 Å². The fourth-order valence-electron chi connectivity index (χ4n) is 2.17. The zero-order valence-corrected chi connectivity index (χ0v) is 12.4. The molecule has 0 aliphatic heterocycles. The number of carbonyl (C=O) groups is 1. The molecule has 5 heteroatoms. The molecular formula is C18H15N3O2. The Hall–Kier alpha value is -3.26. The van der Waals surface area contributed by atoms with Gasteiger partial charge in [-0.25, -0.2) is 4.98 Å². The highest BCUT2D eigenvalue weighted by Gasteiger charge is 2.07. The zero-order chi connectivity index (χ0) is 16.1. The molecule has 1 amide bonds. The number of benzene rings is 1. The molecule has 1 aromatic carbocycles. The highest BCUT2D eigenvalue weighted by Crippen LogP contribution is 2.15. The number of fused-ring (bicyclic) bond motifs is 1. The van der Waals surface area contributed by atoms with Crippen molar-refractivity contribution < 1.29 is 9.53 Å². The van der Waals surface area contributed by atoms with Crippen LogP contribution < -0.4 is 10.1 Å². The first kappa shape index (κ1) is 14.7. The summed E-state index contributed by atoms with van der Waals surface area (Å²) in [7, 11) is 0. The van der Waals surface area contributed by atoms with E-state index in [4.69, 9.17) is 11.2 Å². The summed E-state index contributed by atoms with van der Waals surface area (Å²) >= 11 is 0. The first-order valence-electron chi connectivity index (χ1n) is 7.13. The Labute approximate surface area is 133 Å². The van der Waals surface area contributed by atoms with E-state index in [9.17, 15) is 4.79 Å². The van der Waals surface area contributed by atoms with Crippen molar-refractivity contribution in [2.24, 2.45) is 0 Å². The van der Waals surface area contributed by atoms with Crippen molar-refractivity contribution in [1.82, 2.24) is 14.7 Å². The quantitative estimate of drug-likeness (QED) is 0.736. The fourth-order valence-corrected chi connectivity index (χ4v) is 2.17. The maximum absolute atomic E-state index is 11.9. The molecule has 2 aromatic heterocycles. The molecule has 0 aliphatic carbocycles. The molecule has 114 valence electrons. The van der Waals surface area contributed by atoms with Crippen LogP contribution in [0.4, 0.5) is 0 Å². The molecule has 23 heavy (non-hydrogen) atoms. The number of nitrogens with zero attached hydrogens (tertiary/aromatic N) is 2. The van der Waals surface area contributed by atoms with Crippen LogP contribution in [0.2, 0.25) is 0 Å². The number of pyridine rings is 1. The molecule has 3 rings (SSSR count). The molecule has 0 aliphatic rings. The summed E-state index contributed by atoms with van der Waals surface area (Å²) in [4.78, 5) is 16.3. The average Bonchev–Trinajstić information content (AvgIpc) is 3.01. The zero-order valence-electron chi connectivity index (χ0n) is 12.4. The SMILES string of the molecule is C#CCNC(=O)c1cccc(OCc2cn3ccccc3n2)c1. The molecule has 5 nitrogen and oxygen atoms in total. The van der Waals surface area contributed by atoms with Gasteiger partial charge < -0.3 is 14.5 Å². The second-order valence-electron chi connectivity index (χ2n) is 4.90. The van der Waals surface area contributed by atoms with Crippen LogP contribution in [0, 0.1) is 12.3 Å². The van der Waals surface area contributed by atoms with E-state index in [-0.39, 0.29) is 12.5 Å². The van der Waals surface area contributed by atoms with Gasteiger partial charge in [-0.3, -0.25) is 4.79 Å². The van der Waals surface area contributed by atoms with Gasteiger partial charge in [0.05, 0.1) is 12.2 Å². The van der Waals surface area contributed by atoms with Crippen molar-refractivity contribution >= 4 is 11.6 Å². The maximum atomic E-state index is 11.9. The summed E-state index contributed by atoms with van der Waals surface area (Å²) in [6, 6.07) is 12.8. The van der Waals surface area contributed by atoms with Gasteiger partial charge in [-0.15, -0.1) is 6.42 Å². The minimum atomic E-state index is -0.221. The van der Waals surface area contributed by atoms with E-state index in [0.717, 1.165) is 11.3 Å². The minimum Gasteiger partial charge on any atom is -0.487 e. The third-order valence-corrected chi connectivity index (χ3v) is 3.25. The third-order valence-electron chi connectivity index (χ3n) is 3.25. The van der Waals surface area contributed by atoms with Crippen molar-refractivity contribution in [3.63, 3.8) is 0 Å². The number of hydrogen-bond acceptors (Lipinski definition) is 3. The standard InChI is InChI=1S/C18H15N3O2/c1-2-9-19-18(22)14-6-5-7-16(11-14)23-13-15-12-21-10-4-3-8-17(21)20-15/h1,3-8,10-12H,9,13H2,(H,19,22). The number of rotatable bonds is 5. The topological polar surface area (TPSA) is 55.6 Å². The molecular weight excluding hydrogens is 290 g/mol. The first-order chi connectivity index (χ1) is 11.3. The summed E-state index contributed by atoms with van der Waals surface area (Å²) in [5.74, 6) is 2.75. The summed E-state index contributed by atoms with van der Waals surface area (Å²) in [6.07, 6.45) is 8.98. The molecule has 0 saturated heterocycles. The number of imidazole rings is 1. The Morgan fingerprint density at radius 2 is 2.22 bits per heavy atom. The largest absolute Gasteiger partial charge is 0.487 e. The van der Waals surface area contributed by atoms with Gasteiger partial charge in [0.25, 0.3) is 5.91 Å². The summed E-state index contributed by atoms with van der Waals surface area (Å²) < 4.78 is 7.65. The molecule has 0 spiro atoms. The van der Waals surface area contributed by atoms with E-state index in [2.05, 4.69) is 16.2 Å². The number of ether oxygens (including phenoxy) is 1. The molecule has 3 aromatic rings. The molecule has 0 saturated carbocycles. The number of aromatic nitrogens is 2. The predicted octanol–water partition coefficient (Wildman–Crippen LogP) is 2.28. The molecule has 0 unspecified atom stereocenters. The van der Waals surface area contributed by atoms with E-state index in [1.807, 2.05) is 35.0 Å².